The molecule has 0 aliphatic heterocycles. The van der Waals surface area contributed by atoms with Gasteiger partial charge in [0.25, 0.3) is 5.91 Å². The van der Waals surface area contributed by atoms with Gasteiger partial charge in [0, 0.05) is 28.3 Å². The van der Waals surface area contributed by atoms with E-state index >= 15 is 0 Å². The Hall–Kier alpha value is -1.43. The third-order valence-electron chi connectivity index (χ3n) is 3.01. The Balaban J connectivity index is 2.25. The van der Waals surface area contributed by atoms with Crippen LogP contribution in [0.1, 0.15) is 15.9 Å². The lowest BCUT2D eigenvalue weighted by Crippen LogP contribution is -2.26. The van der Waals surface area contributed by atoms with Crippen LogP contribution < -0.4 is 10.6 Å². The van der Waals surface area contributed by atoms with E-state index in [2.05, 4.69) is 15.9 Å². The first kappa shape index (κ1) is 15.9. The van der Waals surface area contributed by atoms with Crippen molar-refractivity contribution in [3.05, 3.63) is 63.1 Å². The zero-order valence-electron chi connectivity index (χ0n) is 11.1. The first-order valence-electron chi connectivity index (χ1n) is 6.03. The number of anilines is 1. The topological polar surface area (TPSA) is 46.3 Å². The van der Waals surface area contributed by atoms with E-state index in [-0.39, 0.29) is 5.91 Å². The van der Waals surface area contributed by atoms with Gasteiger partial charge in [-0.15, -0.1) is 0 Å². The molecule has 0 aliphatic rings. The van der Waals surface area contributed by atoms with Crippen LogP contribution in [0.5, 0.6) is 0 Å². The van der Waals surface area contributed by atoms with E-state index in [1.807, 2.05) is 0 Å². The first-order chi connectivity index (χ1) is 9.90. The zero-order chi connectivity index (χ0) is 15.6. The lowest BCUT2D eigenvalue weighted by Gasteiger charge is -2.18. The molecule has 0 saturated heterocycles. The second kappa shape index (κ2) is 6.56. The quantitative estimate of drug-likeness (QED) is 0.815. The number of hydrogen-bond acceptors (Lipinski definition) is 2. The summed E-state index contributed by atoms with van der Waals surface area (Å²) in [6.45, 7) is 0. The highest BCUT2D eigenvalue weighted by Gasteiger charge is 2.14. The van der Waals surface area contributed by atoms with E-state index in [9.17, 15) is 4.79 Å². The molecule has 0 aliphatic carbocycles. The highest BCUT2D eigenvalue weighted by molar-refractivity contribution is 9.10. The van der Waals surface area contributed by atoms with Crippen LogP contribution in [0.3, 0.4) is 0 Å². The van der Waals surface area contributed by atoms with E-state index in [0.29, 0.717) is 20.0 Å². The zero-order valence-corrected chi connectivity index (χ0v) is 14.3. The van der Waals surface area contributed by atoms with Crippen molar-refractivity contribution in [2.24, 2.45) is 5.73 Å². The third kappa shape index (κ3) is 3.61. The highest BCUT2D eigenvalue weighted by Crippen LogP contribution is 2.25. The van der Waals surface area contributed by atoms with E-state index in [1.54, 1.807) is 54.4 Å². The molecule has 1 amide bonds. The van der Waals surface area contributed by atoms with Gasteiger partial charge in [0.05, 0.1) is 5.02 Å². The van der Waals surface area contributed by atoms with Gasteiger partial charge in [0.1, 0.15) is 4.99 Å². The molecule has 0 fully saturated rings. The number of nitrogens with zero attached hydrogens (tertiary/aromatic N) is 1. The van der Waals surface area contributed by atoms with Crippen LogP contribution in [0.15, 0.2) is 46.9 Å². The van der Waals surface area contributed by atoms with E-state index in [4.69, 9.17) is 29.6 Å². The average molecular weight is 384 g/mol. The fourth-order valence-corrected chi connectivity index (χ4v) is 2.42. The minimum absolute atomic E-state index is 0.129. The lowest BCUT2D eigenvalue weighted by atomic mass is 10.1. The maximum Gasteiger partial charge on any atom is 0.258 e. The number of hydrogen-bond donors (Lipinski definition) is 1. The number of benzene rings is 2. The molecule has 6 heteroatoms. The number of halogens is 2. The second-order valence-electron chi connectivity index (χ2n) is 4.40. The van der Waals surface area contributed by atoms with Gasteiger partial charge in [0.2, 0.25) is 0 Å². The summed E-state index contributed by atoms with van der Waals surface area (Å²) in [5, 5.41) is 0.565. The van der Waals surface area contributed by atoms with Crippen LogP contribution in [-0.2, 0) is 0 Å². The molecule has 3 nitrogen and oxygen atoms in total. The molecular weight excluding hydrogens is 372 g/mol. The second-order valence-corrected chi connectivity index (χ2v) is 6.11. The van der Waals surface area contributed by atoms with Crippen molar-refractivity contribution in [1.29, 1.82) is 0 Å². The summed E-state index contributed by atoms with van der Waals surface area (Å²) in [7, 11) is 1.71. The highest BCUT2D eigenvalue weighted by atomic mass is 79.9. The van der Waals surface area contributed by atoms with Crippen molar-refractivity contribution in [3.8, 4) is 0 Å². The van der Waals surface area contributed by atoms with E-state index in [1.165, 1.54) is 0 Å². The summed E-state index contributed by atoms with van der Waals surface area (Å²) in [6.07, 6.45) is 0. The van der Waals surface area contributed by atoms with Crippen LogP contribution in [-0.4, -0.2) is 17.9 Å². The summed E-state index contributed by atoms with van der Waals surface area (Å²) < 4.78 is 0.687. The van der Waals surface area contributed by atoms with Crippen molar-refractivity contribution in [1.82, 2.24) is 0 Å². The van der Waals surface area contributed by atoms with Crippen LogP contribution >= 0.6 is 39.7 Å². The van der Waals surface area contributed by atoms with Crippen molar-refractivity contribution >= 4 is 56.3 Å². The van der Waals surface area contributed by atoms with Gasteiger partial charge in [-0.25, -0.2) is 0 Å². The van der Waals surface area contributed by atoms with Crippen LogP contribution in [0.25, 0.3) is 0 Å². The summed E-state index contributed by atoms with van der Waals surface area (Å²) in [6, 6.07) is 12.3. The Kier molecular flexibility index (Phi) is 4.98. The van der Waals surface area contributed by atoms with Gasteiger partial charge in [-0.2, -0.15) is 0 Å². The molecule has 0 heterocycles. The van der Waals surface area contributed by atoms with Crippen molar-refractivity contribution in [2.75, 3.05) is 11.9 Å². The Bertz CT molecular complexity index is 703. The van der Waals surface area contributed by atoms with Gasteiger partial charge < -0.3 is 10.6 Å². The number of amides is 1. The molecule has 2 N–H and O–H groups in total. The molecular formula is C15H12BrClN2OS. The molecule has 2 rings (SSSR count). The van der Waals surface area contributed by atoms with Crippen LogP contribution in [0, 0.1) is 0 Å². The Morgan fingerprint density at radius 3 is 2.29 bits per heavy atom. The molecule has 0 spiro atoms. The Morgan fingerprint density at radius 1 is 1.19 bits per heavy atom. The van der Waals surface area contributed by atoms with Gasteiger partial charge in [-0.3, -0.25) is 4.79 Å². The molecule has 0 saturated carbocycles. The maximum absolute atomic E-state index is 12.4. The first-order valence-corrected chi connectivity index (χ1v) is 7.61. The lowest BCUT2D eigenvalue weighted by molar-refractivity contribution is 0.0993. The molecule has 2 aromatic carbocycles. The normalized spacial score (nSPS) is 10.2. The molecule has 0 radical (unpaired) electrons. The average Bonchev–Trinajstić information content (AvgIpc) is 2.48. The standard InChI is InChI=1S/C15H12BrClN2OS/c1-19(11-5-2-9(3-6-11)14(18)21)15(20)10-4-7-13(17)12(16)8-10/h2-8H,1H3,(H2,18,21). The van der Waals surface area contributed by atoms with E-state index in [0.717, 1.165) is 11.3 Å². The van der Waals surface area contributed by atoms with Gasteiger partial charge in [0.15, 0.2) is 0 Å². The summed E-state index contributed by atoms with van der Waals surface area (Å²) >= 11 is 14.2. The van der Waals surface area contributed by atoms with Gasteiger partial charge in [-0.1, -0.05) is 23.8 Å². The molecule has 0 bridgehead atoms. The third-order valence-corrected chi connectivity index (χ3v) is 4.46. The van der Waals surface area contributed by atoms with E-state index < -0.39 is 0 Å². The fourth-order valence-electron chi connectivity index (χ4n) is 1.79. The monoisotopic (exact) mass is 382 g/mol. The van der Waals surface area contributed by atoms with Crippen LogP contribution in [0.2, 0.25) is 5.02 Å². The number of carbonyl (C=O) groups excluding carboxylic acids is 1. The summed E-state index contributed by atoms with van der Waals surface area (Å²) in [4.78, 5) is 14.3. The molecule has 0 atom stereocenters. The SMILES string of the molecule is CN(C(=O)c1ccc(Cl)c(Br)c1)c1ccc(C(N)=S)cc1. The summed E-state index contributed by atoms with van der Waals surface area (Å²) in [5.74, 6) is -0.129. The maximum atomic E-state index is 12.4. The van der Waals surface area contributed by atoms with Crippen molar-refractivity contribution in [3.63, 3.8) is 0 Å². The molecule has 108 valence electrons. The predicted octanol–water partition coefficient (Wildman–Crippen LogP) is 4.01. The molecule has 21 heavy (non-hydrogen) atoms. The Labute approximate surface area is 141 Å². The number of carbonyl (C=O) groups is 1. The predicted molar refractivity (Wildman–Crippen MR) is 94.2 cm³/mol. The summed E-state index contributed by atoms with van der Waals surface area (Å²) in [5.41, 5.74) is 7.63. The Morgan fingerprint density at radius 2 is 1.76 bits per heavy atom. The number of nitrogens with two attached hydrogens (primary N) is 1. The van der Waals surface area contributed by atoms with Gasteiger partial charge >= 0.3 is 0 Å². The molecule has 0 unspecified atom stereocenters. The largest absolute Gasteiger partial charge is 0.389 e. The fraction of sp³-hybridized carbons (Fsp3) is 0.0667. The minimum Gasteiger partial charge on any atom is -0.389 e. The van der Waals surface area contributed by atoms with Gasteiger partial charge in [-0.05, 0) is 58.4 Å². The number of thiocarbonyl (C=S) groups is 1. The molecule has 2 aromatic rings. The smallest absolute Gasteiger partial charge is 0.258 e. The molecule has 0 aromatic heterocycles. The van der Waals surface area contributed by atoms with Crippen molar-refractivity contribution in [2.45, 2.75) is 0 Å². The number of rotatable bonds is 3. The van der Waals surface area contributed by atoms with Crippen LogP contribution in [0.4, 0.5) is 5.69 Å². The van der Waals surface area contributed by atoms with Crippen molar-refractivity contribution < 1.29 is 4.79 Å². The minimum atomic E-state index is -0.129.